The largest absolute Gasteiger partial charge is 0.453 e. The summed E-state index contributed by atoms with van der Waals surface area (Å²) in [5.41, 5.74) is 5.39. The van der Waals surface area contributed by atoms with Crippen LogP contribution in [-0.4, -0.2) is 16.8 Å². The highest BCUT2D eigenvalue weighted by Crippen LogP contribution is 2.34. The molecule has 0 bridgehead atoms. The van der Waals surface area contributed by atoms with E-state index in [1.807, 2.05) is 0 Å². The minimum atomic E-state index is -0.740. The topological polar surface area (TPSA) is 113 Å². The number of nitro benzene ring substituents is 1. The zero-order valence-corrected chi connectivity index (χ0v) is 8.58. The second kappa shape index (κ2) is 3.85. The van der Waals surface area contributed by atoms with Crippen LogP contribution in [0.4, 0.5) is 5.69 Å². The van der Waals surface area contributed by atoms with Crippen molar-refractivity contribution in [1.29, 1.82) is 0 Å². The van der Waals surface area contributed by atoms with Crippen LogP contribution >= 0.6 is 0 Å². The van der Waals surface area contributed by atoms with E-state index in [0.29, 0.717) is 5.56 Å². The van der Waals surface area contributed by atoms with Crippen molar-refractivity contribution in [2.24, 2.45) is 5.73 Å². The Kier molecular flexibility index (Phi) is 2.51. The first-order valence-electron chi connectivity index (χ1n) is 4.76. The Balaban J connectivity index is 2.40. The fourth-order valence-corrected chi connectivity index (χ4v) is 1.71. The lowest BCUT2D eigenvalue weighted by atomic mass is 10.0. The smallest absolute Gasteiger partial charge is 0.339 e. The van der Waals surface area contributed by atoms with Crippen molar-refractivity contribution in [1.82, 2.24) is 0 Å². The average Bonchev–Trinajstić information content (AvgIpc) is 2.54. The first kappa shape index (κ1) is 11.1. The van der Waals surface area contributed by atoms with E-state index in [9.17, 15) is 19.7 Å². The fourth-order valence-electron chi connectivity index (χ4n) is 1.71. The third kappa shape index (κ3) is 1.94. The number of carbonyl (C=O) groups excluding carboxylic acids is 2. The Bertz CT molecular complexity index is 525. The molecule has 1 amide bonds. The number of primary amides is 1. The first-order valence-corrected chi connectivity index (χ1v) is 4.76. The summed E-state index contributed by atoms with van der Waals surface area (Å²) in [4.78, 5) is 32.1. The van der Waals surface area contributed by atoms with E-state index in [1.54, 1.807) is 0 Å². The lowest BCUT2D eigenvalue weighted by molar-refractivity contribution is -0.384. The quantitative estimate of drug-likeness (QED) is 0.471. The Hall–Kier alpha value is -2.44. The lowest BCUT2D eigenvalue weighted by Crippen LogP contribution is -2.15. The van der Waals surface area contributed by atoms with E-state index in [1.165, 1.54) is 12.1 Å². The zero-order valence-electron chi connectivity index (χ0n) is 8.58. The first-order chi connectivity index (χ1) is 7.99. The number of cyclic esters (lactones) is 1. The van der Waals surface area contributed by atoms with Crippen LogP contribution in [0.1, 0.15) is 28.4 Å². The molecular weight excluding hydrogens is 228 g/mol. The summed E-state index contributed by atoms with van der Waals surface area (Å²) in [6, 6.07) is 3.80. The summed E-state index contributed by atoms with van der Waals surface area (Å²) in [7, 11) is 0. The summed E-state index contributed by atoms with van der Waals surface area (Å²) >= 11 is 0. The molecule has 1 aromatic carbocycles. The Morgan fingerprint density at radius 2 is 2.24 bits per heavy atom. The maximum Gasteiger partial charge on any atom is 0.339 e. The molecule has 1 unspecified atom stereocenters. The molecule has 0 spiro atoms. The SMILES string of the molecule is NC(=O)CC1OC(=O)c2cc([N+](=O)[O-])ccc21. The molecule has 1 atom stereocenters. The Morgan fingerprint density at radius 3 is 2.82 bits per heavy atom. The second-order valence-electron chi connectivity index (χ2n) is 3.59. The molecule has 88 valence electrons. The number of nitrogens with two attached hydrogens (primary N) is 1. The predicted molar refractivity (Wildman–Crippen MR) is 55.1 cm³/mol. The van der Waals surface area contributed by atoms with Crippen LogP contribution in [0, 0.1) is 10.1 Å². The van der Waals surface area contributed by atoms with Crippen molar-refractivity contribution in [3.05, 3.63) is 39.4 Å². The predicted octanol–water partition coefficient (Wildman–Crippen LogP) is 0.682. The van der Waals surface area contributed by atoms with E-state index in [0.717, 1.165) is 6.07 Å². The molecule has 2 rings (SSSR count). The van der Waals surface area contributed by atoms with E-state index in [-0.39, 0.29) is 17.7 Å². The fraction of sp³-hybridized carbons (Fsp3) is 0.200. The minimum Gasteiger partial charge on any atom is -0.453 e. The average molecular weight is 236 g/mol. The van der Waals surface area contributed by atoms with Gasteiger partial charge in [0.15, 0.2) is 0 Å². The summed E-state index contributed by atoms with van der Waals surface area (Å²) in [6.45, 7) is 0. The van der Waals surface area contributed by atoms with Gasteiger partial charge in [-0.05, 0) is 6.07 Å². The van der Waals surface area contributed by atoms with Crippen LogP contribution in [-0.2, 0) is 9.53 Å². The normalized spacial score (nSPS) is 17.4. The van der Waals surface area contributed by atoms with Crippen LogP contribution in [0.25, 0.3) is 0 Å². The summed E-state index contributed by atoms with van der Waals surface area (Å²) in [5, 5.41) is 10.5. The van der Waals surface area contributed by atoms with Gasteiger partial charge in [-0.15, -0.1) is 0 Å². The third-order valence-corrected chi connectivity index (χ3v) is 2.45. The molecule has 0 aromatic heterocycles. The maximum absolute atomic E-state index is 11.4. The number of carbonyl (C=O) groups is 2. The molecule has 0 fully saturated rings. The molecule has 0 saturated carbocycles. The highest BCUT2D eigenvalue weighted by atomic mass is 16.6. The number of ether oxygens (including phenoxy) is 1. The number of esters is 1. The molecule has 0 radical (unpaired) electrons. The molecule has 0 aliphatic carbocycles. The molecule has 7 heteroatoms. The summed E-state index contributed by atoms with van der Waals surface area (Å²) < 4.78 is 4.91. The number of benzene rings is 1. The third-order valence-electron chi connectivity index (χ3n) is 2.45. The van der Waals surface area contributed by atoms with Gasteiger partial charge >= 0.3 is 5.97 Å². The van der Waals surface area contributed by atoms with Gasteiger partial charge in [0.25, 0.3) is 5.69 Å². The Morgan fingerprint density at radius 1 is 1.53 bits per heavy atom. The number of hydrogen-bond acceptors (Lipinski definition) is 5. The Labute approximate surface area is 95.3 Å². The van der Waals surface area contributed by atoms with Gasteiger partial charge < -0.3 is 10.5 Å². The summed E-state index contributed by atoms with van der Waals surface area (Å²) in [6.07, 6.45) is -0.868. The van der Waals surface area contributed by atoms with E-state index in [4.69, 9.17) is 10.5 Å². The summed E-state index contributed by atoms with van der Waals surface area (Å²) in [5.74, 6) is -1.27. The van der Waals surface area contributed by atoms with Gasteiger partial charge in [0.2, 0.25) is 5.91 Å². The molecule has 17 heavy (non-hydrogen) atoms. The van der Waals surface area contributed by atoms with Crippen molar-refractivity contribution < 1.29 is 19.2 Å². The van der Waals surface area contributed by atoms with Gasteiger partial charge in [-0.1, -0.05) is 0 Å². The van der Waals surface area contributed by atoms with Gasteiger partial charge in [-0.2, -0.15) is 0 Å². The number of non-ortho nitro benzene ring substituents is 1. The van der Waals surface area contributed by atoms with E-state index < -0.39 is 22.9 Å². The van der Waals surface area contributed by atoms with Gasteiger partial charge in [0, 0.05) is 17.7 Å². The highest BCUT2D eigenvalue weighted by molar-refractivity contribution is 5.95. The lowest BCUT2D eigenvalue weighted by Gasteiger charge is -2.06. The van der Waals surface area contributed by atoms with Crippen molar-refractivity contribution in [2.45, 2.75) is 12.5 Å². The van der Waals surface area contributed by atoms with Crippen molar-refractivity contribution in [3.63, 3.8) is 0 Å². The number of nitro groups is 1. The van der Waals surface area contributed by atoms with Gasteiger partial charge in [-0.25, -0.2) is 4.79 Å². The van der Waals surface area contributed by atoms with Crippen molar-refractivity contribution in [3.8, 4) is 0 Å². The van der Waals surface area contributed by atoms with Crippen LogP contribution < -0.4 is 5.73 Å². The standard InChI is InChI=1S/C10H8N2O5/c11-9(13)4-8-6-2-1-5(12(15)16)3-7(6)10(14)17-8/h1-3,8H,4H2,(H2,11,13). The van der Waals surface area contributed by atoms with Crippen LogP contribution in [0.3, 0.4) is 0 Å². The molecule has 7 nitrogen and oxygen atoms in total. The molecule has 1 heterocycles. The number of amides is 1. The number of nitrogens with zero attached hydrogens (tertiary/aromatic N) is 1. The second-order valence-corrected chi connectivity index (χ2v) is 3.59. The molecule has 2 N–H and O–H groups in total. The monoisotopic (exact) mass is 236 g/mol. The molecule has 1 aromatic rings. The van der Waals surface area contributed by atoms with Crippen LogP contribution in [0.5, 0.6) is 0 Å². The van der Waals surface area contributed by atoms with Gasteiger partial charge in [-0.3, -0.25) is 14.9 Å². The molecule has 1 aliphatic heterocycles. The number of fused-ring (bicyclic) bond motifs is 1. The van der Waals surface area contributed by atoms with Gasteiger partial charge in [0.1, 0.15) is 6.10 Å². The van der Waals surface area contributed by atoms with E-state index in [2.05, 4.69) is 0 Å². The molecule has 0 saturated heterocycles. The molecular formula is C10H8N2O5. The van der Waals surface area contributed by atoms with Crippen molar-refractivity contribution >= 4 is 17.6 Å². The van der Waals surface area contributed by atoms with E-state index >= 15 is 0 Å². The minimum absolute atomic E-state index is 0.116. The van der Waals surface area contributed by atoms with Crippen molar-refractivity contribution in [2.75, 3.05) is 0 Å². The maximum atomic E-state index is 11.4. The van der Waals surface area contributed by atoms with Gasteiger partial charge in [0.05, 0.1) is 16.9 Å². The van der Waals surface area contributed by atoms with Crippen LogP contribution in [0.15, 0.2) is 18.2 Å². The zero-order chi connectivity index (χ0) is 12.6. The highest BCUT2D eigenvalue weighted by Gasteiger charge is 2.33. The molecule has 1 aliphatic rings. The number of hydrogen-bond donors (Lipinski definition) is 1. The number of rotatable bonds is 3. The van der Waals surface area contributed by atoms with Crippen LogP contribution in [0.2, 0.25) is 0 Å².